The molecule has 0 heterocycles. The van der Waals surface area contributed by atoms with Crippen LogP contribution in [0.1, 0.15) is 31.8 Å². The highest BCUT2D eigenvalue weighted by Gasteiger charge is 2.22. The molecule has 2 unspecified atom stereocenters. The highest BCUT2D eigenvalue weighted by Crippen LogP contribution is 2.53. The van der Waals surface area contributed by atoms with E-state index in [1.165, 1.54) is 48.5 Å². The summed E-state index contributed by atoms with van der Waals surface area (Å²) in [4.78, 5) is 49.7. The Bertz CT molecular complexity index is 1370. The Morgan fingerprint density at radius 3 is 1.14 bits per heavy atom. The molecule has 0 saturated heterocycles. The zero-order valence-corrected chi connectivity index (χ0v) is 21.0. The molecule has 4 aromatic carbocycles. The fraction of sp³-hybridized carbons (Fsp3) is 0.0370. The molecular formula is C27H20O8P2-2. The lowest BCUT2D eigenvalue weighted by Gasteiger charge is -2.31. The van der Waals surface area contributed by atoms with E-state index < -0.39 is 21.1 Å². The van der Waals surface area contributed by atoms with E-state index in [1.54, 1.807) is 60.7 Å². The van der Waals surface area contributed by atoms with Crippen molar-refractivity contribution in [1.82, 2.24) is 0 Å². The molecule has 0 saturated carbocycles. The summed E-state index contributed by atoms with van der Waals surface area (Å²) in [6, 6.07) is 27.6. The van der Waals surface area contributed by atoms with E-state index in [2.05, 4.69) is 0 Å². The van der Waals surface area contributed by atoms with Crippen LogP contribution in [0.4, 0.5) is 0 Å². The molecule has 0 N–H and O–H groups in total. The van der Waals surface area contributed by atoms with E-state index in [4.69, 9.17) is 9.05 Å². The summed E-state index contributed by atoms with van der Waals surface area (Å²) >= 11 is 0. The Morgan fingerprint density at radius 2 is 0.811 bits per heavy atom. The maximum atomic E-state index is 12.5. The molecule has 8 nitrogen and oxygen atoms in total. The first-order valence-corrected chi connectivity index (χ1v) is 14.5. The standard InChI is InChI=1S/C27H22O8P2/c28-26(20-7-3-1-4-8-20)22-11-15-24(16-12-22)34-36(30,31)19-37(32,33)35-25-17-13-23(14-18-25)27(29)21-9-5-2-6-10-21/h1-18H,19H2,(H,30,31)(H,32,33)/p-2. The van der Waals surface area contributed by atoms with Gasteiger partial charge in [-0.25, -0.2) is 0 Å². The first kappa shape index (κ1) is 26.3. The Labute approximate surface area is 213 Å². The quantitative estimate of drug-likeness (QED) is 0.212. The summed E-state index contributed by atoms with van der Waals surface area (Å²) in [6.07, 6.45) is 0. The van der Waals surface area contributed by atoms with Crippen molar-refractivity contribution in [2.45, 2.75) is 0 Å². The summed E-state index contributed by atoms with van der Waals surface area (Å²) in [5.74, 6) is -2.20. The Balaban J connectivity index is 1.37. The molecule has 0 spiro atoms. The Morgan fingerprint density at radius 1 is 0.514 bits per heavy atom. The zero-order valence-electron chi connectivity index (χ0n) is 19.3. The average Bonchev–Trinajstić information content (AvgIpc) is 2.88. The van der Waals surface area contributed by atoms with Crippen LogP contribution in [0, 0.1) is 0 Å². The van der Waals surface area contributed by atoms with E-state index in [0.29, 0.717) is 22.3 Å². The van der Waals surface area contributed by atoms with Gasteiger partial charge in [0.15, 0.2) is 26.8 Å². The molecule has 10 heteroatoms. The third kappa shape index (κ3) is 7.13. The summed E-state index contributed by atoms with van der Waals surface area (Å²) < 4.78 is 34.6. The molecule has 0 fully saturated rings. The fourth-order valence-electron chi connectivity index (χ4n) is 3.44. The summed E-state index contributed by atoms with van der Waals surface area (Å²) in [6.45, 7) is 0. The highest BCUT2D eigenvalue weighted by atomic mass is 31.2. The van der Waals surface area contributed by atoms with Gasteiger partial charge in [-0.3, -0.25) is 18.7 Å². The number of carbonyl (C=O) groups excluding carboxylic acids is 2. The smallest absolute Gasteiger partial charge is 0.194 e. The number of hydrogen-bond donors (Lipinski definition) is 0. The molecule has 2 atom stereocenters. The number of carbonyl (C=O) groups is 2. The lowest BCUT2D eigenvalue weighted by molar-refractivity contribution is -0.199. The minimum atomic E-state index is -4.92. The molecule has 0 radical (unpaired) electrons. The lowest BCUT2D eigenvalue weighted by Crippen LogP contribution is -2.18. The van der Waals surface area contributed by atoms with Crippen LogP contribution in [0.2, 0.25) is 0 Å². The predicted octanol–water partition coefficient (Wildman–Crippen LogP) is 4.67. The van der Waals surface area contributed by atoms with Crippen LogP contribution in [0.3, 0.4) is 0 Å². The second kappa shape index (κ2) is 11.1. The summed E-state index contributed by atoms with van der Waals surface area (Å²) in [5, 5.41) is 0. The predicted molar refractivity (Wildman–Crippen MR) is 134 cm³/mol. The van der Waals surface area contributed by atoms with Gasteiger partial charge in [-0.2, -0.15) is 0 Å². The first-order valence-electron chi connectivity index (χ1n) is 11.0. The molecule has 0 aliphatic rings. The molecular weight excluding hydrogens is 514 g/mol. The molecule has 188 valence electrons. The largest absolute Gasteiger partial charge is 0.769 e. The van der Waals surface area contributed by atoms with E-state index in [1.807, 2.05) is 0 Å². The van der Waals surface area contributed by atoms with Gasteiger partial charge < -0.3 is 18.8 Å². The third-order valence-corrected chi connectivity index (χ3v) is 8.89. The molecule has 37 heavy (non-hydrogen) atoms. The number of hydrogen-bond acceptors (Lipinski definition) is 8. The molecule has 0 aliphatic heterocycles. The van der Waals surface area contributed by atoms with Crippen molar-refractivity contribution in [3.8, 4) is 11.5 Å². The van der Waals surface area contributed by atoms with Gasteiger partial charge in [-0.1, -0.05) is 60.7 Å². The fourth-order valence-corrected chi connectivity index (χ4v) is 6.48. The second-order valence-corrected chi connectivity index (χ2v) is 11.9. The summed E-state index contributed by atoms with van der Waals surface area (Å²) in [5.41, 5.74) is 1.55. The summed E-state index contributed by atoms with van der Waals surface area (Å²) in [7, 11) is -9.85. The van der Waals surface area contributed by atoms with Crippen molar-refractivity contribution in [1.29, 1.82) is 0 Å². The maximum Gasteiger partial charge on any atom is 0.194 e. The molecule has 4 aromatic rings. The van der Waals surface area contributed by atoms with Crippen LogP contribution < -0.4 is 18.8 Å². The molecule has 0 bridgehead atoms. The van der Waals surface area contributed by atoms with Gasteiger partial charge in [0.1, 0.15) is 11.5 Å². The van der Waals surface area contributed by atoms with Crippen molar-refractivity contribution in [2.75, 3.05) is 5.90 Å². The highest BCUT2D eigenvalue weighted by molar-refractivity contribution is 7.69. The third-order valence-electron chi connectivity index (χ3n) is 5.14. The molecule has 0 aromatic heterocycles. The Hall–Kier alpha value is -3.80. The second-order valence-electron chi connectivity index (χ2n) is 7.98. The van der Waals surface area contributed by atoms with Crippen molar-refractivity contribution < 1.29 is 37.6 Å². The first-order chi connectivity index (χ1) is 17.6. The van der Waals surface area contributed by atoms with Crippen molar-refractivity contribution in [2.24, 2.45) is 0 Å². The topological polar surface area (TPSA) is 133 Å². The van der Waals surface area contributed by atoms with Gasteiger partial charge in [0.05, 0.1) is 5.90 Å². The van der Waals surface area contributed by atoms with E-state index in [-0.39, 0.29) is 23.1 Å². The minimum Gasteiger partial charge on any atom is -0.769 e. The maximum absolute atomic E-state index is 12.5. The lowest BCUT2D eigenvalue weighted by atomic mass is 10.0. The van der Waals surface area contributed by atoms with Crippen molar-refractivity contribution >= 4 is 26.8 Å². The van der Waals surface area contributed by atoms with Gasteiger partial charge in [0, 0.05) is 22.3 Å². The van der Waals surface area contributed by atoms with Crippen molar-refractivity contribution in [3.05, 3.63) is 131 Å². The number of rotatable bonds is 10. The van der Waals surface area contributed by atoms with Crippen LogP contribution in [-0.2, 0) is 9.13 Å². The SMILES string of the molecule is O=C(c1ccccc1)c1ccc(OP(=O)([O-])CP(=O)([O-])Oc2ccc(C(=O)c3ccccc3)cc2)cc1. The monoisotopic (exact) mass is 534 g/mol. The zero-order chi connectivity index (χ0) is 26.5. The van der Waals surface area contributed by atoms with Gasteiger partial charge in [0.2, 0.25) is 0 Å². The average molecular weight is 534 g/mol. The number of benzene rings is 4. The van der Waals surface area contributed by atoms with Crippen LogP contribution in [0.25, 0.3) is 0 Å². The normalized spacial score (nSPS) is 14.1. The molecule has 4 rings (SSSR count). The van der Waals surface area contributed by atoms with E-state index >= 15 is 0 Å². The van der Waals surface area contributed by atoms with Gasteiger partial charge >= 0.3 is 0 Å². The van der Waals surface area contributed by atoms with Gasteiger partial charge in [0.25, 0.3) is 0 Å². The van der Waals surface area contributed by atoms with Crippen LogP contribution in [0.5, 0.6) is 11.5 Å². The van der Waals surface area contributed by atoms with Gasteiger partial charge in [-0.05, 0) is 48.5 Å². The van der Waals surface area contributed by atoms with Crippen LogP contribution in [0.15, 0.2) is 109 Å². The van der Waals surface area contributed by atoms with E-state index in [9.17, 15) is 28.5 Å². The van der Waals surface area contributed by atoms with Crippen LogP contribution in [-0.4, -0.2) is 17.5 Å². The molecule has 0 aliphatic carbocycles. The van der Waals surface area contributed by atoms with E-state index in [0.717, 1.165) is 0 Å². The molecule has 0 amide bonds. The number of ketones is 2. The van der Waals surface area contributed by atoms with Crippen LogP contribution >= 0.6 is 15.2 Å². The van der Waals surface area contributed by atoms with Crippen molar-refractivity contribution in [3.63, 3.8) is 0 Å². The Kier molecular flexibility index (Phi) is 7.86. The van der Waals surface area contributed by atoms with Gasteiger partial charge in [-0.15, -0.1) is 0 Å². The minimum absolute atomic E-state index is 0.147.